The Morgan fingerprint density at radius 1 is 1.02 bits per heavy atom. The predicted octanol–water partition coefficient (Wildman–Crippen LogP) is 8.44. The molecule has 1 N–H and O–H groups in total. The maximum atomic E-state index is 14.9. The summed E-state index contributed by atoms with van der Waals surface area (Å²) < 4.78 is 7.68. The molecule has 3 saturated carbocycles. The molecule has 3 spiro atoms. The van der Waals surface area contributed by atoms with E-state index in [0.717, 1.165) is 65.5 Å². The Morgan fingerprint density at radius 2 is 1.82 bits per heavy atom. The fourth-order valence-electron chi connectivity index (χ4n) is 11.5. The van der Waals surface area contributed by atoms with E-state index in [1.54, 1.807) is 22.7 Å². The van der Waals surface area contributed by atoms with Crippen molar-refractivity contribution in [3.63, 3.8) is 0 Å². The molecular formula is C38H41NO4S2. The first kappa shape index (κ1) is 28.5. The minimum Gasteiger partial charge on any atom is -0.440 e. The molecule has 10 rings (SSSR count). The van der Waals surface area contributed by atoms with Crippen molar-refractivity contribution in [3.05, 3.63) is 81.4 Å². The van der Waals surface area contributed by atoms with Crippen molar-refractivity contribution < 1.29 is 19.4 Å². The van der Waals surface area contributed by atoms with E-state index in [0.29, 0.717) is 25.4 Å². The number of Topliss-reactive ketones (excluding diaryl/α,β-unsaturated/α-hetero) is 1. The normalized spacial score (nSPS) is 41.2. The summed E-state index contributed by atoms with van der Waals surface area (Å²) in [6, 6.07) is 14.6. The molecule has 1 aromatic carbocycles. The molecule has 5 nitrogen and oxygen atoms in total. The van der Waals surface area contributed by atoms with Crippen LogP contribution in [0.3, 0.4) is 0 Å². The van der Waals surface area contributed by atoms with Gasteiger partial charge in [0.25, 0.3) is 0 Å². The number of rotatable bonds is 5. The number of ketones is 1. The van der Waals surface area contributed by atoms with E-state index in [-0.39, 0.29) is 40.1 Å². The highest BCUT2D eigenvalue weighted by atomic mass is 32.1. The molecule has 7 heteroatoms. The number of thiophene rings is 2. The van der Waals surface area contributed by atoms with Gasteiger partial charge in [-0.3, -0.25) is 4.79 Å². The standard InChI is InChI=1S/C38H41NO4S2/c1-34-13-9-25(40)21-36(34)16-17-38(27(22-36)32(41)29-20-24-6-3-4-8-28(24)45-29)30(34)10-14-35(2)31(38)11-15-37(35)23-39(33(42)43-37)18-12-26-7-5-19-44-26/h3-8,16-17,19-20,22,25,30-31,40H,9-15,18,21,23H2,1-2H3/t25-,30+,31+,34+,35-,36-,37+,38-/m0/s1. The largest absolute Gasteiger partial charge is 0.440 e. The quantitative estimate of drug-likeness (QED) is 0.225. The number of hydrogen-bond acceptors (Lipinski definition) is 6. The second-order valence-electron chi connectivity index (χ2n) is 15.4. The Hall–Kier alpha value is -2.74. The van der Waals surface area contributed by atoms with Crippen LogP contribution >= 0.6 is 22.7 Å². The van der Waals surface area contributed by atoms with Gasteiger partial charge in [-0.15, -0.1) is 22.7 Å². The molecule has 8 atom stereocenters. The van der Waals surface area contributed by atoms with Crippen molar-refractivity contribution in [3.8, 4) is 0 Å². The average molecular weight is 640 g/mol. The fraction of sp³-hybridized carbons (Fsp3) is 0.526. The van der Waals surface area contributed by atoms with E-state index in [4.69, 9.17) is 4.74 Å². The summed E-state index contributed by atoms with van der Waals surface area (Å²) in [5.74, 6) is 0.649. The lowest BCUT2D eigenvalue weighted by Crippen LogP contribution is -2.67. The van der Waals surface area contributed by atoms with E-state index in [9.17, 15) is 14.7 Å². The Morgan fingerprint density at radius 3 is 2.64 bits per heavy atom. The number of nitrogens with zero attached hydrogens (tertiary/aromatic N) is 1. The molecule has 6 aliphatic carbocycles. The third kappa shape index (κ3) is 3.58. The van der Waals surface area contributed by atoms with Gasteiger partial charge in [0.1, 0.15) is 5.60 Å². The third-order valence-electron chi connectivity index (χ3n) is 13.8. The molecule has 2 aromatic heterocycles. The zero-order chi connectivity index (χ0) is 30.8. The van der Waals surface area contributed by atoms with Crippen LogP contribution in [-0.2, 0) is 11.2 Å². The highest BCUT2D eigenvalue weighted by Gasteiger charge is 2.76. The number of aliphatic hydroxyl groups is 1. The smallest absolute Gasteiger partial charge is 0.410 e. The topological polar surface area (TPSA) is 66.8 Å². The first-order valence-electron chi connectivity index (χ1n) is 16.8. The molecule has 0 radical (unpaired) electrons. The van der Waals surface area contributed by atoms with Gasteiger partial charge in [0.2, 0.25) is 0 Å². The number of carbonyl (C=O) groups is 2. The zero-order valence-electron chi connectivity index (χ0n) is 26.1. The summed E-state index contributed by atoms with van der Waals surface area (Å²) in [6.07, 6.45) is 13.7. The molecule has 3 heterocycles. The Labute approximate surface area is 273 Å². The first-order chi connectivity index (χ1) is 21.6. The summed E-state index contributed by atoms with van der Waals surface area (Å²) >= 11 is 3.34. The Bertz CT molecular complexity index is 1760. The fourth-order valence-corrected chi connectivity index (χ4v) is 13.2. The lowest BCUT2D eigenvalue weighted by molar-refractivity contribution is -0.164. The maximum Gasteiger partial charge on any atom is 0.410 e. The van der Waals surface area contributed by atoms with Gasteiger partial charge < -0.3 is 14.7 Å². The maximum absolute atomic E-state index is 14.9. The van der Waals surface area contributed by atoms with Crippen molar-refractivity contribution in [1.29, 1.82) is 0 Å². The van der Waals surface area contributed by atoms with Crippen molar-refractivity contribution in [2.75, 3.05) is 13.1 Å². The van der Waals surface area contributed by atoms with Crippen LogP contribution in [0, 0.1) is 33.5 Å². The van der Waals surface area contributed by atoms with Gasteiger partial charge in [-0.05, 0) is 97.6 Å². The number of carbonyl (C=O) groups excluding carboxylic acids is 2. The lowest BCUT2D eigenvalue weighted by Gasteiger charge is -2.71. The SMILES string of the molecule is C[C@]12CC[C@H]3[C@@]4(C=C[C@@]5(C=C4C(=O)c4cc6ccccc6s4)C[C@@H](O)CC[C@]35C)[C@@H]1CC[C@@]21CN(CCc2cccs2)C(=O)O1. The number of amides is 1. The van der Waals surface area contributed by atoms with Crippen molar-refractivity contribution in [1.82, 2.24) is 4.90 Å². The van der Waals surface area contributed by atoms with Crippen molar-refractivity contribution in [2.24, 2.45) is 33.5 Å². The number of allylic oxidation sites excluding steroid dienone is 4. The van der Waals surface area contributed by atoms with E-state index in [1.807, 2.05) is 17.0 Å². The van der Waals surface area contributed by atoms with Crippen molar-refractivity contribution in [2.45, 2.75) is 76.9 Å². The van der Waals surface area contributed by atoms with Crippen LogP contribution < -0.4 is 0 Å². The van der Waals surface area contributed by atoms with Gasteiger partial charge in [0, 0.05) is 37.9 Å². The van der Waals surface area contributed by atoms with E-state index >= 15 is 0 Å². The minimum absolute atomic E-state index is 0.0267. The second-order valence-corrected chi connectivity index (χ2v) is 17.5. The number of ether oxygens (including phenoxy) is 1. The van der Waals surface area contributed by atoms with Gasteiger partial charge in [0.05, 0.1) is 17.5 Å². The molecule has 1 amide bonds. The van der Waals surface area contributed by atoms with Crippen LogP contribution in [0.25, 0.3) is 10.1 Å². The Kier molecular flexibility index (Phi) is 5.96. The molecule has 45 heavy (non-hydrogen) atoms. The summed E-state index contributed by atoms with van der Waals surface area (Å²) in [4.78, 5) is 32.4. The molecule has 3 aromatic rings. The molecule has 2 bridgehead atoms. The minimum atomic E-state index is -0.542. The molecule has 0 unspecified atom stereocenters. The number of fused-ring (bicyclic) bond motifs is 3. The number of benzene rings is 1. The zero-order valence-corrected chi connectivity index (χ0v) is 27.7. The van der Waals surface area contributed by atoms with Crippen LogP contribution in [0.15, 0.2) is 71.6 Å². The Balaban J connectivity index is 1.14. The summed E-state index contributed by atoms with van der Waals surface area (Å²) in [7, 11) is 0. The van der Waals surface area contributed by atoms with Gasteiger partial charge in [0.15, 0.2) is 5.78 Å². The van der Waals surface area contributed by atoms with Gasteiger partial charge in [-0.2, -0.15) is 0 Å². The van der Waals surface area contributed by atoms with Crippen LogP contribution in [-0.4, -0.2) is 46.7 Å². The second kappa shape index (κ2) is 9.42. The van der Waals surface area contributed by atoms with Crippen LogP contribution in [0.5, 0.6) is 0 Å². The van der Waals surface area contributed by atoms with Gasteiger partial charge in [-0.1, -0.05) is 56.3 Å². The lowest BCUT2D eigenvalue weighted by atomic mass is 9.32. The predicted molar refractivity (Wildman–Crippen MR) is 179 cm³/mol. The van der Waals surface area contributed by atoms with Gasteiger partial charge in [-0.25, -0.2) is 4.79 Å². The monoisotopic (exact) mass is 639 g/mol. The third-order valence-corrected chi connectivity index (χ3v) is 15.8. The summed E-state index contributed by atoms with van der Waals surface area (Å²) in [6.45, 7) is 6.14. The molecule has 1 aliphatic heterocycles. The summed E-state index contributed by atoms with van der Waals surface area (Å²) in [5, 5.41) is 14.2. The van der Waals surface area contributed by atoms with E-state index < -0.39 is 11.0 Å². The number of hydrogen-bond donors (Lipinski definition) is 1. The highest BCUT2D eigenvalue weighted by molar-refractivity contribution is 7.21. The average Bonchev–Trinajstić information content (AvgIpc) is 3.82. The molecule has 7 aliphatic rings. The van der Waals surface area contributed by atoms with Crippen LogP contribution in [0.2, 0.25) is 0 Å². The van der Waals surface area contributed by atoms with Crippen molar-refractivity contribution >= 4 is 44.6 Å². The first-order valence-corrected chi connectivity index (χ1v) is 18.5. The van der Waals surface area contributed by atoms with E-state index in [2.05, 4.69) is 67.8 Å². The molecular weight excluding hydrogens is 599 g/mol. The van der Waals surface area contributed by atoms with Gasteiger partial charge >= 0.3 is 6.09 Å². The number of aliphatic hydroxyl groups excluding tert-OH is 1. The molecule has 234 valence electrons. The highest BCUT2D eigenvalue weighted by Crippen LogP contribution is 2.79. The molecule has 4 fully saturated rings. The van der Waals surface area contributed by atoms with E-state index in [1.165, 1.54) is 4.88 Å². The molecule has 1 saturated heterocycles. The van der Waals surface area contributed by atoms with Crippen LogP contribution in [0.1, 0.15) is 73.3 Å². The van der Waals surface area contributed by atoms with Crippen LogP contribution in [0.4, 0.5) is 4.79 Å². The summed E-state index contributed by atoms with van der Waals surface area (Å²) in [5.41, 5.74) is -0.608.